The van der Waals surface area contributed by atoms with Gasteiger partial charge in [-0.25, -0.2) is 9.97 Å². The van der Waals surface area contributed by atoms with Gasteiger partial charge >= 0.3 is 0 Å². The molecule has 0 spiro atoms. The minimum atomic E-state index is 0.559. The summed E-state index contributed by atoms with van der Waals surface area (Å²) in [5, 5.41) is 3.44. The van der Waals surface area contributed by atoms with Crippen molar-refractivity contribution in [2.75, 3.05) is 13.1 Å². The number of nitrogens with zero attached hydrogens (tertiary/aromatic N) is 3. The van der Waals surface area contributed by atoms with Crippen LogP contribution in [0.15, 0.2) is 12.3 Å². The molecule has 0 saturated carbocycles. The van der Waals surface area contributed by atoms with Crippen molar-refractivity contribution in [2.24, 2.45) is 0 Å². The van der Waals surface area contributed by atoms with Crippen molar-refractivity contribution in [3.8, 4) is 0 Å². The Bertz CT molecular complexity index is 581. The Morgan fingerprint density at radius 2 is 2.15 bits per heavy atom. The molecule has 1 fully saturated rings. The highest BCUT2D eigenvalue weighted by Gasteiger charge is 2.21. The van der Waals surface area contributed by atoms with Crippen LogP contribution in [0.5, 0.6) is 0 Å². The number of aryl methyl sites for hydroxylation is 2. The van der Waals surface area contributed by atoms with Crippen molar-refractivity contribution in [1.82, 2.24) is 19.9 Å². The highest BCUT2D eigenvalue weighted by Crippen LogP contribution is 2.26. The van der Waals surface area contributed by atoms with Crippen molar-refractivity contribution < 1.29 is 0 Å². The molecular formula is C16H24N4. The van der Waals surface area contributed by atoms with Gasteiger partial charge in [-0.05, 0) is 50.9 Å². The standard InChI is InChI=1S/C16H24N4/c1-3-4-5-15-19-14-10-12(2)11-18-16(14)20(15)13-6-8-17-9-7-13/h10-11,13,17H,3-9H2,1-2H3. The highest BCUT2D eigenvalue weighted by molar-refractivity contribution is 5.72. The van der Waals surface area contributed by atoms with Crippen LogP contribution in [0, 0.1) is 6.92 Å². The summed E-state index contributed by atoms with van der Waals surface area (Å²) in [6, 6.07) is 2.72. The maximum absolute atomic E-state index is 4.87. The largest absolute Gasteiger partial charge is 0.317 e. The van der Waals surface area contributed by atoms with Gasteiger partial charge in [0.15, 0.2) is 5.65 Å². The first-order chi connectivity index (χ1) is 9.79. The second-order valence-electron chi connectivity index (χ2n) is 5.84. The third-order valence-electron chi connectivity index (χ3n) is 4.17. The zero-order chi connectivity index (χ0) is 13.9. The molecule has 0 unspecified atom stereocenters. The van der Waals surface area contributed by atoms with Gasteiger partial charge in [0.25, 0.3) is 0 Å². The lowest BCUT2D eigenvalue weighted by molar-refractivity contribution is 0.365. The third kappa shape index (κ3) is 2.57. The summed E-state index contributed by atoms with van der Waals surface area (Å²) >= 11 is 0. The monoisotopic (exact) mass is 272 g/mol. The smallest absolute Gasteiger partial charge is 0.160 e. The number of rotatable bonds is 4. The van der Waals surface area contributed by atoms with Gasteiger partial charge < -0.3 is 9.88 Å². The number of imidazole rings is 1. The average molecular weight is 272 g/mol. The zero-order valence-corrected chi connectivity index (χ0v) is 12.5. The van der Waals surface area contributed by atoms with Gasteiger partial charge in [0, 0.05) is 18.7 Å². The maximum Gasteiger partial charge on any atom is 0.160 e. The number of pyridine rings is 1. The molecular weight excluding hydrogens is 248 g/mol. The van der Waals surface area contributed by atoms with E-state index in [0.29, 0.717) is 6.04 Å². The van der Waals surface area contributed by atoms with Crippen LogP contribution in [0.2, 0.25) is 0 Å². The Balaban J connectivity index is 2.04. The Morgan fingerprint density at radius 3 is 2.90 bits per heavy atom. The van der Waals surface area contributed by atoms with Crippen LogP contribution in [0.3, 0.4) is 0 Å². The van der Waals surface area contributed by atoms with Crippen molar-refractivity contribution >= 4 is 11.2 Å². The minimum Gasteiger partial charge on any atom is -0.317 e. The lowest BCUT2D eigenvalue weighted by atomic mass is 10.1. The van der Waals surface area contributed by atoms with Crippen LogP contribution < -0.4 is 5.32 Å². The first-order valence-corrected chi connectivity index (χ1v) is 7.83. The lowest BCUT2D eigenvalue weighted by Gasteiger charge is -2.25. The normalized spacial score (nSPS) is 16.9. The molecule has 0 atom stereocenters. The van der Waals surface area contributed by atoms with Gasteiger partial charge in [0.1, 0.15) is 11.3 Å². The van der Waals surface area contributed by atoms with Gasteiger partial charge in [-0.1, -0.05) is 13.3 Å². The number of nitrogens with one attached hydrogen (secondary N) is 1. The predicted octanol–water partition coefficient (Wildman–Crippen LogP) is 3.01. The van der Waals surface area contributed by atoms with E-state index < -0.39 is 0 Å². The van der Waals surface area contributed by atoms with Crippen molar-refractivity contribution in [3.63, 3.8) is 0 Å². The quantitative estimate of drug-likeness (QED) is 0.930. The summed E-state index contributed by atoms with van der Waals surface area (Å²) in [5.41, 5.74) is 3.33. The fourth-order valence-corrected chi connectivity index (χ4v) is 3.09. The second kappa shape index (κ2) is 5.92. The van der Waals surface area contributed by atoms with Crippen molar-refractivity contribution in [1.29, 1.82) is 0 Å². The number of fused-ring (bicyclic) bond motifs is 1. The molecule has 2 aromatic rings. The summed E-state index contributed by atoms with van der Waals surface area (Å²) in [6.45, 7) is 6.52. The van der Waals surface area contributed by atoms with E-state index in [1.807, 2.05) is 6.20 Å². The number of unbranched alkanes of at least 4 members (excludes halogenated alkanes) is 1. The van der Waals surface area contributed by atoms with E-state index in [0.717, 1.165) is 30.7 Å². The van der Waals surface area contributed by atoms with E-state index >= 15 is 0 Å². The molecule has 0 bridgehead atoms. The van der Waals surface area contributed by atoms with E-state index in [1.54, 1.807) is 0 Å². The molecule has 20 heavy (non-hydrogen) atoms. The molecule has 0 amide bonds. The molecule has 0 radical (unpaired) electrons. The average Bonchev–Trinajstić information content (AvgIpc) is 2.83. The minimum absolute atomic E-state index is 0.559. The lowest BCUT2D eigenvalue weighted by Crippen LogP contribution is -2.30. The molecule has 1 aliphatic heterocycles. The highest BCUT2D eigenvalue weighted by atomic mass is 15.2. The number of hydrogen-bond acceptors (Lipinski definition) is 3. The van der Waals surface area contributed by atoms with Gasteiger partial charge in [0.2, 0.25) is 0 Å². The summed E-state index contributed by atoms with van der Waals surface area (Å²) in [6.07, 6.45) is 7.80. The van der Waals surface area contributed by atoms with E-state index in [4.69, 9.17) is 4.98 Å². The van der Waals surface area contributed by atoms with E-state index in [-0.39, 0.29) is 0 Å². The number of aromatic nitrogens is 3. The van der Waals surface area contributed by atoms with Crippen LogP contribution in [-0.2, 0) is 6.42 Å². The van der Waals surface area contributed by atoms with Crippen molar-refractivity contribution in [3.05, 3.63) is 23.7 Å². The fourth-order valence-electron chi connectivity index (χ4n) is 3.09. The summed E-state index contributed by atoms with van der Waals surface area (Å²) in [7, 11) is 0. The molecule has 4 heteroatoms. The molecule has 108 valence electrons. The van der Waals surface area contributed by atoms with E-state index in [2.05, 4.69) is 34.8 Å². The first-order valence-electron chi connectivity index (χ1n) is 7.83. The topological polar surface area (TPSA) is 42.7 Å². The van der Waals surface area contributed by atoms with E-state index in [1.165, 1.54) is 37.1 Å². The molecule has 3 heterocycles. The van der Waals surface area contributed by atoms with Crippen LogP contribution in [0.1, 0.15) is 50.0 Å². The first kappa shape index (κ1) is 13.6. The molecule has 2 aromatic heterocycles. The van der Waals surface area contributed by atoms with Crippen LogP contribution in [0.4, 0.5) is 0 Å². The van der Waals surface area contributed by atoms with Crippen molar-refractivity contribution in [2.45, 2.75) is 52.0 Å². The van der Waals surface area contributed by atoms with Crippen LogP contribution >= 0.6 is 0 Å². The second-order valence-corrected chi connectivity index (χ2v) is 5.84. The van der Waals surface area contributed by atoms with Gasteiger partial charge in [-0.2, -0.15) is 0 Å². The van der Waals surface area contributed by atoms with Gasteiger partial charge in [-0.15, -0.1) is 0 Å². The van der Waals surface area contributed by atoms with Gasteiger partial charge in [0.05, 0.1) is 0 Å². The fraction of sp³-hybridized carbons (Fsp3) is 0.625. The zero-order valence-electron chi connectivity index (χ0n) is 12.5. The molecule has 0 aliphatic carbocycles. The van der Waals surface area contributed by atoms with Crippen LogP contribution in [-0.4, -0.2) is 27.6 Å². The Hall–Kier alpha value is -1.42. The number of hydrogen-bond donors (Lipinski definition) is 1. The Labute approximate surface area is 120 Å². The Kier molecular flexibility index (Phi) is 4.01. The number of piperidine rings is 1. The SMILES string of the molecule is CCCCc1nc2cc(C)cnc2n1C1CCNCC1. The van der Waals surface area contributed by atoms with Crippen LogP contribution in [0.25, 0.3) is 11.2 Å². The summed E-state index contributed by atoms with van der Waals surface area (Å²) in [4.78, 5) is 9.53. The van der Waals surface area contributed by atoms with E-state index in [9.17, 15) is 0 Å². The molecule has 4 nitrogen and oxygen atoms in total. The molecule has 1 aliphatic rings. The molecule has 1 N–H and O–H groups in total. The Morgan fingerprint density at radius 1 is 1.35 bits per heavy atom. The maximum atomic E-state index is 4.87. The summed E-state index contributed by atoms with van der Waals surface area (Å²) in [5.74, 6) is 1.23. The molecule has 1 saturated heterocycles. The molecule has 3 rings (SSSR count). The summed E-state index contributed by atoms with van der Waals surface area (Å²) < 4.78 is 2.42. The van der Waals surface area contributed by atoms with Gasteiger partial charge in [-0.3, -0.25) is 0 Å². The predicted molar refractivity (Wildman–Crippen MR) is 82.0 cm³/mol. The third-order valence-corrected chi connectivity index (χ3v) is 4.17. The molecule has 0 aromatic carbocycles.